The third-order valence-electron chi connectivity index (χ3n) is 3.12. The quantitative estimate of drug-likeness (QED) is 0.920. The Balaban J connectivity index is 2.28. The molecule has 1 heterocycles. The van der Waals surface area contributed by atoms with Crippen molar-refractivity contribution in [2.45, 2.75) is 32.9 Å². The highest BCUT2D eigenvalue weighted by Crippen LogP contribution is 2.08. The van der Waals surface area contributed by atoms with Crippen molar-refractivity contribution in [1.82, 2.24) is 14.9 Å². The lowest BCUT2D eigenvalue weighted by Gasteiger charge is -2.12. The minimum atomic E-state index is -0.448. The number of hydrogen-bond acceptors (Lipinski definition) is 3. The molecule has 0 aliphatic heterocycles. The molecule has 0 aliphatic carbocycles. The van der Waals surface area contributed by atoms with Crippen LogP contribution in [-0.2, 0) is 11.3 Å². The minimum Gasteiger partial charge on any atom is -0.352 e. The van der Waals surface area contributed by atoms with E-state index in [2.05, 4.69) is 10.3 Å². The third kappa shape index (κ3) is 3.01. The van der Waals surface area contributed by atoms with Gasteiger partial charge < -0.3 is 5.32 Å². The molecule has 2 aromatic rings. The van der Waals surface area contributed by atoms with Gasteiger partial charge in [-0.3, -0.25) is 14.2 Å². The maximum absolute atomic E-state index is 13.0. The highest BCUT2D eigenvalue weighted by molar-refractivity contribution is 5.79. The van der Waals surface area contributed by atoms with Crippen LogP contribution in [0.2, 0.25) is 0 Å². The summed E-state index contributed by atoms with van der Waals surface area (Å²) >= 11 is 0. The molecule has 1 N–H and O–H groups in total. The van der Waals surface area contributed by atoms with Crippen molar-refractivity contribution in [2.75, 3.05) is 0 Å². The number of aromatic nitrogens is 2. The zero-order valence-electron chi connectivity index (χ0n) is 11.4. The van der Waals surface area contributed by atoms with Gasteiger partial charge in [0.1, 0.15) is 12.4 Å². The van der Waals surface area contributed by atoms with E-state index in [9.17, 15) is 14.0 Å². The summed E-state index contributed by atoms with van der Waals surface area (Å²) in [5, 5.41) is 3.07. The zero-order chi connectivity index (χ0) is 14.7. The van der Waals surface area contributed by atoms with Crippen molar-refractivity contribution in [3.63, 3.8) is 0 Å². The van der Waals surface area contributed by atoms with Crippen molar-refractivity contribution >= 4 is 16.8 Å². The van der Waals surface area contributed by atoms with Gasteiger partial charge in [0.2, 0.25) is 5.91 Å². The van der Waals surface area contributed by atoms with Gasteiger partial charge in [-0.05, 0) is 25.5 Å². The lowest BCUT2D eigenvalue weighted by atomic mass is 10.2. The normalized spacial score (nSPS) is 12.3. The predicted octanol–water partition coefficient (Wildman–Crippen LogP) is 1.45. The van der Waals surface area contributed by atoms with Crippen LogP contribution in [0.1, 0.15) is 20.3 Å². The Morgan fingerprint density at radius 1 is 1.50 bits per heavy atom. The molecule has 1 atom stereocenters. The van der Waals surface area contributed by atoms with Crippen LogP contribution in [0, 0.1) is 5.82 Å². The lowest BCUT2D eigenvalue weighted by Crippen LogP contribution is -2.37. The number of rotatable bonds is 4. The van der Waals surface area contributed by atoms with E-state index in [1.54, 1.807) is 0 Å². The molecule has 1 amide bonds. The molecular formula is C14H16FN3O2. The summed E-state index contributed by atoms with van der Waals surface area (Å²) in [5.41, 5.74) is -0.0668. The topological polar surface area (TPSA) is 64.0 Å². The van der Waals surface area contributed by atoms with Crippen LogP contribution in [0.15, 0.2) is 29.3 Å². The molecule has 0 radical (unpaired) electrons. The molecule has 20 heavy (non-hydrogen) atoms. The molecular weight excluding hydrogens is 261 g/mol. The first-order chi connectivity index (χ1) is 9.51. The standard InChI is InChI=1S/C14H16FN3O2/c1-3-9(2)17-13(19)7-18-8-16-12-6-10(15)4-5-11(12)14(18)20/h4-6,8-9H,3,7H2,1-2H3,(H,17,19)/t9-/m0/s1. The van der Waals surface area contributed by atoms with Crippen LogP contribution in [0.25, 0.3) is 10.9 Å². The SMILES string of the molecule is CC[C@H](C)NC(=O)Cn1cnc2cc(F)ccc2c1=O. The first-order valence-corrected chi connectivity index (χ1v) is 6.45. The second kappa shape index (κ2) is 5.81. The molecule has 0 spiro atoms. The van der Waals surface area contributed by atoms with E-state index >= 15 is 0 Å². The summed E-state index contributed by atoms with van der Waals surface area (Å²) in [5.74, 6) is -0.693. The molecule has 1 aromatic carbocycles. The van der Waals surface area contributed by atoms with Gasteiger partial charge in [-0.25, -0.2) is 9.37 Å². The number of nitrogens with one attached hydrogen (secondary N) is 1. The number of halogens is 1. The molecule has 0 unspecified atom stereocenters. The van der Waals surface area contributed by atoms with Gasteiger partial charge in [-0.2, -0.15) is 0 Å². The first kappa shape index (κ1) is 14.2. The van der Waals surface area contributed by atoms with Gasteiger partial charge in [0, 0.05) is 12.1 Å². The fourth-order valence-electron chi connectivity index (χ4n) is 1.82. The van der Waals surface area contributed by atoms with Gasteiger partial charge in [0.15, 0.2) is 0 Å². The van der Waals surface area contributed by atoms with E-state index in [4.69, 9.17) is 0 Å². The Morgan fingerprint density at radius 2 is 2.25 bits per heavy atom. The number of fused-ring (bicyclic) bond motifs is 1. The molecule has 0 fully saturated rings. The highest BCUT2D eigenvalue weighted by Gasteiger charge is 2.10. The summed E-state index contributed by atoms with van der Waals surface area (Å²) < 4.78 is 14.3. The van der Waals surface area contributed by atoms with E-state index in [1.807, 2.05) is 13.8 Å². The monoisotopic (exact) mass is 277 g/mol. The second-order valence-electron chi connectivity index (χ2n) is 4.72. The van der Waals surface area contributed by atoms with Gasteiger partial charge in [0.05, 0.1) is 17.2 Å². The average molecular weight is 277 g/mol. The van der Waals surface area contributed by atoms with E-state index in [-0.39, 0.29) is 29.6 Å². The summed E-state index contributed by atoms with van der Waals surface area (Å²) in [6.45, 7) is 3.76. The number of nitrogens with zero attached hydrogens (tertiary/aromatic N) is 2. The van der Waals surface area contributed by atoms with E-state index in [0.717, 1.165) is 6.42 Å². The molecule has 0 aliphatic rings. The Hall–Kier alpha value is -2.24. The average Bonchev–Trinajstić information content (AvgIpc) is 2.41. The number of carbonyl (C=O) groups is 1. The first-order valence-electron chi connectivity index (χ1n) is 6.45. The van der Waals surface area contributed by atoms with Crippen molar-refractivity contribution < 1.29 is 9.18 Å². The molecule has 5 nitrogen and oxygen atoms in total. The van der Waals surface area contributed by atoms with Gasteiger partial charge in [0.25, 0.3) is 5.56 Å². The van der Waals surface area contributed by atoms with Gasteiger partial charge in [-0.15, -0.1) is 0 Å². The summed E-state index contributed by atoms with van der Waals surface area (Å²) in [4.78, 5) is 27.9. The predicted molar refractivity (Wildman–Crippen MR) is 73.9 cm³/mol. The minimum absolute atomic E-state index is 0.0562. The molecule has 0 saturated carbocycles. The van der Waals surface area contributed by atoms with Crippen LogP contribution in [0.5, 0.6) is 0 Å². The largest absolute Gasteiger partial charge is 0.352 e. The van der Waals surface area contributed by atoms with Crippen molar-refractivity contribution in [3.05, 3.63) is 40.7 Å². The van der Waals surface area contributed by atoms with Crippen LogP contribution in [-0.4, -0.2) is 21.5 Å². The van der Waals surface area contributed by atoms with Crippen LogP contribution in [0.3, 0.4) is 0 Å². The Bertz CT molecular complexity index is 696. The zero-order valence-corrected chi connectivity index (χ0v) is 11.4. The number of amides is 1. The third-order valence-corrected chi connectivity index (χ3v) is 3.12. The highest BCUT2D eigenvalue weighted by atomic mass is 19.1. The van der Waals surface area contributed by atoms with Crippen LogP contribution >= 0.6 is 0 Å². The Labute approximate surface area is 115 Å². The maximum atomic E-state index is 13.0. The van der Waals surface area contributed by atoms with Crippen molar-refractivity contribution in [1.29, 1.82) is 0 Å². The fourth-order valence-corrected chi connectivity index (χ4v) is 1.82. The van der Waals surface area contributed by atoms with Gasteiger partial charge >= 0.3 is 0 Å². The second-order valence-corrected chi connectivity index (χ2v) is 4.72. The molecule has 0 bridgehead atoms. The molecule has 106 valence electrons. The van der Waals surface area contributed by atoms with Gasteiger partial charge in [-0.1, -0.05) is 6.92 Å². The Kier molecular flexibility index (Phi) is 4.12. The number of benzene rings is 1. The summed E-state index contributed by atoms with van der Waals surface area (Å²) in [7, 11) is 0. The lowest BCUT2D eigenvalue weighted by molar-refractivity contribution is -0.122. The molecule has 2 rings (SSSR count). The smallest absolute Gasteiger partial charge is 0.261 e. The number of hydrogen-bond donors (Lipinski definition) is 1. The van der Waals surface area contributed by atoms with E-state index in [1.165, 1.54) is 29.1 Å². The Morgan fingerprint density at radius 3 is 2.95 bits per heavy atom. The summed E-state index contributed by atoms with van der Waals surface area (Å²) in [6, 6.07) is 3.83. The van der Waals surface area contributed by atoms with Crippen molar-refractivity contribution in [2.24, 2.45) is 0 Å². The fraction of sp³-hybridized carbons (Fsp3) is 0.357. The summed E-state index contributed by atoms with van der Waals surface area (Å²) in [6.07, 6.45) is 2.08. The van der Waals surface area contributed by atoms with E-state index in [0.29, 0.717) is 5.39 Å². The van der Waals surface area contributed by atoms with Crippen LogP contribution in [0.4, 0.5) is 4.39 Å². The molecule has 0 saturated heterocycles. The molecule has 6 heteroatoms. The van der Waals surface area contributed by atoms with Crippen LogP contribution < -0.4 is 10.9 Å². The van der Waals surface area contributed by atoms with Crippen molar-refractivity contribution in [3.8, 4) is 0 Å². The maximum Gasteiger partial charge on any atom is 0.261 e. The molecule has 1 aromatic heterocycles. The number of carbonyl (C=O) groups excluding carboxylic acids is 1. The van der Waals surface area contributed by atoms with E-state index < -0.39 is 5.82 Å².